The third kappa shape index (κ3) is 5.50. The van der Waals surface area contributed by atoms with Crippen LogP contribution in [0.5, 0.6) is 0 Å². The fraction of sp³-hybridized carbons (Fsp3) is 0.316. The lowest BCUT2D eigenvalue weighted by molar-refractivity contribution is -0.144. The molecule has 0 saturated carbocycles. The van der Waals surface area contributed by atoms with E-state index in [1.807, 2.05) is 0 Å². The first-order valence-corrected chi connectivity index (χ1v) is 8.78. The lowest BCUT2D eigenvalue weighted by Gasteiger charge is -2.12. The quantitative estimate of drug-likeness (QED) is 0.685. The molecule has 1 heterocycles. The molecule has 1 aromatic carbocycles. The number of ether oxygens (including phenoxy) is 2. The lowest BCUT2D eigenvalue weighted by Crippen LogP contribution is -2.27. The molecule has 0 unspecified atom stereocenters. The van der Waals surface area contributed by atoms with E-state index in [0.29, 0.717) is 5.69 Å². The lowest BCUT2D eigenvalue weighted by atomic mass is 10.2. The van der Waals surface area contributed by atoms with Crippen molar-refractivity contribution in [2.24, 2.45) is 0 Å². The third-order valence-electron chi connectivity index (χ3n) is 3.54. The number of rotatable bonds is 8. The minimum Gasteiger partial charge on any atom is -0.466 e. The number of anilines is 1. The summed E-state index contributed by atoms with van der Waals surface area (Å²) in [5, 5.41) is 6.51. The Labute approximate surface area is 161 Å². The fourth-order valence-electron chi connectivity index (χ4n) is 2.32. The van der Waals surface area contributed by atoms with Crippen LogP contribution in [0.4, 0.5) is 5.69 Å². The fourth-order valence-corrected chi connectivity index (χ4v) is 2.32. The molecule has 0 radical (unpaired) electrons. The van der Waals surface area contributed by atoms with Crippen LogP contribution >= 0.6 is 0 Å². The zero-order valence-electron chi connectivity index (χ0n) is 15.6. The van der Waals surface area contributed by atoms with Crippen molar-refractivity contribution in [1.29, 1.82) is 0 Å². The van der Waals surface area contributed by atoms with Crippen molar-refractivity contribution in [3.05, 3.63) is 52.4 Å². The summed E-state index contributed by atoms with van der Waals surface area (Å²) >= 11 is 0. The molecule has 9 nitrogen and oxygen atoms in total. The van der Waals surface area contributed by atoms with Gasteiger partial charge in [0.05, 0.1) is 31.0 Å². The summed E-state index contributed by atoms with van der Waals surface area (Å²) in [6.45, 7) is 3.61. The average Bonchev–Trinajstić information content (AvgIpc) is 2.67. The third-order valence-corrected chi connectivity index (χ3v) is 3.54. The number of hydrogen-bond acceptors (Lipinski definition) is 7. The number of benzene rings is 1. The molecule has 1 aromatic heterocycles. The topological polar surface area (TPSA) is 117 Å². The monoisotopic (exact) mass is 387 g/mol. The first-order chi connectivity index (χ1) is 13.5. The first kappa shape index (κ1) is 20.8. The Balaban J connectivity index is 2.31. The minimum atomic E-state index is -0.784. The molecule has 1 N–H and O–H groups in total. The van der Waals surface area contributed by atoms with Crippen LogP contribution in [0.2, 0.25) is 0 Å². The molecule has 0 saturated heterocycles. The van der Waals surface area contributed by atoms with Gasteiger partial charge in [-0.25, -0.2) is 4.79 Å². The maximum Gasteiger partial charge on any atom is 0.360 e. The highest BCUT2D eigenvalue weighted by molar-refractivity contribution is 6.00. The van der Waals surface area contributed by atoms with Crippen molar-refractivity contribution >= 4 is 23.5 Å². The number of esters is 2. The van der Waals surface area contributed by atoms with Crippen LogP contribution in [0.25, 0.3) is 5.69 Å². The molecule has 148 valence electrons. The maximum atomic E-state index is 12.4. The summed E-state index contributed by atoms with van der Waals surface area (Å²) in [7, 11) is 0. The molecule has 0 aliphatic rings. The Morgan fingerprint density at radius 1 is 1.04 bits per heavy atom. The SMILES string of the molecule is CCOC(=O)CCC(=O)Nc1cc(=O)n(-c2ccccc2)nc1C(=O)OCC. The Hall–Kier alpha value is -3.49. The van der Waals surface area contributed by atoms with Crippen molar-refractivity contribution in [3.63, 3.8) is 0 Å². The van der Waals surface area contributed by atoms with Gasteiger partial charge in [-0.2, -0.15) is 9.78 Å². The number of nitrogens with one attached hydrogen (secondary N) is 1. The van der Waals surface area contributed by atoms with Gasteiger partial charge in [0.1, 0.15) is 0 Å². The summed E-state index contributed by atoms with van der Waals surface area (Å²) in [6, 6.07) is 9.62. The number of hydrogen-bond donors (Lipinski definition) is 1. The Kier molecular flexibility index (Phi) is 7.44. The zero-order valence-corrected chi connectivity index (χ0v) is 15.6. The van der Waals surface area contributed by atoms with E-state index in [2.05, 4.69) is 10.4 Å². The van der Waals surface area contributed by atoms with Crippen molar-refractivity contribution < 1.29 is 23.9 Å². The zero-order chi connectivity index (χ0) is 20.5. The summed E-state index contributed by atoms with van der Waals surface area (Å²) < 4.78 is 10.8. The number of carbonyl (C=O) groups is 3. The van der Waals surface area contributed by atoms with Crippen LogP contribution in [-0.2, 0) is 19.1 Å². The molecule has 0 bridgehead atoms. The molecular weight excluding hydrogens is 366 g/mol. The predicted octanol–water partition coefficient (Wildman–Crippen LogP) is 1.69. The van der Waals surface area contributed by atoms with Gasteiger partial charge in [-0.15, -0.1) is 0 Å². The molecule has 9 heteroatoms. The first-order valence-electron chi connectivity index (χ1n) is 8.78. The van der Waals surface area contributed by atoms with E-state index in [4.69, 9.17) is 9.47 Å². The summed E-state index contributed by atoms with van der Waals surface area (Å²) in [6.07, 6.45) is -0.286. The van der Waals surface area contributed by atoms with Crippen LogP contribution in [0.3, 0.4) is 0 Å². The molecule has 0 atom stereocenters. The van der Waals surface area contributed by atoms with E-state index in [0.717, 1.165) is 10.7 Å². The molecule has 2 rings (SSSR count). The normalized spacial score (nSPS) is 10.2. The van der Waals surface area contributed by atoms with Crippen LogP contribution in [0, 0.1) is 0 Å². The second-order valence-corrected chi connectivity index (χ2v) is 5.57. The molecule has 0 aliphatic heterocycles. The van der Waals surface area contributed by atoms with E-state index in [9.17, 15) is 19.2 Å². The highest BCUT2D eigenvalue weighted by atomic mass is 16.5. The summed E-state index contributed by atoms with van der Waals surface area (Å²) in [5.74, 6) is -1.86. The number of para-hydroxylation sites is 1. The summed E-state index contributed by atoms with van der Waals surface area (Å²) in [5.41, 5.74) is -0.377. The van der Waals surface area contributed by atoms with Crippen molar-refractivity contribution in [2.45, 2.75) is 26.7 Å². The number of amides is 1. The van der Waals surface area contributed by atoms with Crippen LogP contribution in [0.1, 0.15) is 37.2 Å². The van der Waals surface area contributed by atoms with Crippen LogP contribution in [-0.4, -0.2) is 40.8 Å². The van der Waals surface area contributed by atoms with E-state index < -0.39 is 23.4 Å². The van der Waals surface area contributed by atoms with Crippen LogP contribution in [0.15, 0.2) is 41.2 Å². The number of aromatic nitrogens is 2. The van der Waals surface area contributed by atoms with E-state index >= 15 is 0 Å². The predicted molar refractivity (Wildman–Crippen MR) is 100 cm³/mol. The van der Waals surface area contributed by atoms with E-state index in [1.54, 1.807) is 44.2 Å². The van der Waals surface area contributed by atoms with Crippen molar-refractivity contribution in [1.82, 2.24) is 9.78 Å². The molecular formula is C19H21N3O6. The largest absolute Gasteiger partial charge is 0.466 e. The van der Waals surface area contributed by atoms with Gasteiger partial charge in [0.2, 0.25) is 5.91 Å². The van der Waals surface area contributed by atoms with Gasteiger partial charge >= 0.3 is 11.9 Å². The van der Waals surface area contributed by atoms with Gasteiger partial charge in [0.15, 0.2) is 5.69 Å². The Bertz CT molecular complexity index is 908. The maximum absolute atomic E-state index is 12.4. The molecule has 0 spiro atoms. The summed E-state index contributed by atoms with van der Waals surface area (Å²) in [4.78, 5) is 48.2. The molecule has 0 fully saturated rings. The van der Waals surface area contributed by atoms with E-state index in [1.165, 1.54) is 0 Å². The Morgan fingerprint density at radius 3 is 2.36 bits per heavy atom. The van der Waals surface area contributed by atoms with Gasteiger partial charge in [-0.3, -0.25) is 14.4 Å². The van der Waals surface area contributed by atoms with Gasteiger partial charge in [0, 0.05) is 12.5 Å². The second-order valence-electron chi connectivity index (χ2n) is 5.57. The van der Waals surface area contributed by atoms with Crippen molar-refractivity contribution in [3.8, 4) is 5.69 Å². The smallest absolute Gasteiger partial charge is 0.360 e. The van der Waals surface area contributed by atoms with Gasteiger partial charge in [-0.05, 0) is 26.0 Å². The Morgan fingerprint density at radius 2 is 1.71 bits per heavy atom. The second kappa shape index (κ2) is 10.0. The molecule has 28 heavy (non-hydrogen) atoms. The molecule has 1 amide bonds. The highest BCUT2D eigenvalue weighted by Crippen LogP contribution is 2.14. The molecule has 0 aliphatic carbocycles. The van der Waals surface area contributed by atoms with Gasteiger partial charge < -0.3 is 14.8 Å². The highest BCUT2D eigenvalue weighted by Gasteiger charge is 2.20. The molecule has 2 aromatic rings. The minimum absolute atomic E-state index is 0.0792. The van der Waals surface area contributed by atoms with Gasteiger partial charge in [-0.1, -0.05) is 18.2 Å². The number of carbonyl (C=O) groups excluding carboxylic acids is 3. The van der Waals surface area contributed by atoms with Crippen molar-refractivity contribution in [2.75, 3.05) is 18.5 Å². The van der Waals surface area contributed by atoms with Crippen LogP contribution < -0.4 is 10.9 Å². The number of nitrogens with zero attached hydrogens (tertiary/aromatic N) is 2. The van der Waals surface area contributed by atoms with E-state index in [-0.39, 0.29) is 37.4 Å². The van der Waals surface area contributed by atoms with Gasteiger partial charge in [0.25, 0.3) is 5.56 Å². The standard InChI is InChI=1S/C19H21N3O6/c1-3-27-17(25)11-10-15(23)20-14-12-16(24)22(13-8-6-5-7-9-13)21-18(14)19(26)28-4-2/h5-9,12H,3-4,10-11H2,1-2H3,(H,20,23). The average molecular weight is 387 g/mol.